The van der Waals surface area contributed by atoms with Crippen LogP contribution in [-0.4, -0.2) is 12.8 Å². The molecule has 0 unspecified atom stereocenters. The monoisotopic (exact) mass is 303 g/mol. The molecule has 0 bridgehead atoms. The molecule has 0 amide bonds. The molecule has 0 aliphatic rings. The summed E-state index contributed by atoms with van der Waals surface area (Å²) in [6.07, 6.45) is -4.93. The largest absolute Gasteiger partial charge is 0.389 e. The van der Waals surface area contributed by atoms with Crippen LogP contribution in [0.3, 0.4) is 0 Å². The molecule has 20 heavy (non-hydrogen) atoms. The number of ether oxygens (including phenoxy) is 1. The Kier molecular flexibility index (Phi) is 5.01. The summed E-state index contributed by atoms with van der Waals surface area (Å²) in [6.45, 7) is 0.836. The van der Waals surface area contributed by atoms with Crippen molar-refractivity contribution in [1.29, 1.82) is 0 Å². The van der Waals surface area contributed by atoms with E-state index in [1.54, 1.807) is 11.3 Å². The van der Waals surface area contributed by atoms with Gasteiger partial charge in [0.2, 0.25) is 0 Å². The Bertz CT molecular complexity index is 565. The second-order valence-electron chi connectivity index (χ2n) is 4.48. The van der Waals surface area contributed by atoms with Crippen LogP contribution in [0.2, 0.25) is 0 Å². The zero-order chi connectivity index (χ0) is 14.6. The Morgan fingerprint density at radius 3 is 2.65 bits per heavy atom. The van der Waals surface area contributed by atoms with Crippen molar-refractivity contribution < 1.29 is 17.9 Å². The topological polar surface area (TPSA) is 35.2 Å². The van der Waals surface area contributed by atoms with Gasteiger partial charge >= 0.3 is 6.18 Å². The Balaban J connectivity index is 1.95. The van der Waals surface area contributed by atoms with Gasteiger partial charge in [0, 0.05) is 34.7 Å². The summed E-state index contributed by atoms with van der Waals surface area (Å²) in [5.74, 6) is 0. The maximum atomic E-state index is 12.0. The Hall–Kier alpha value is -1.11. The van der Waals surface area contributed by atoms with Crippen LogP contribution in [0.25, 0.3) is 10.1 Å². The Labute approximate surface area is 119 Å². The molecule has 0 aliphatic heterocycles. The number of halogens is 3. The van der Waals surface area contributed by atoms with Crippen LogP contribution in [0.5, 0.6) is 0 Å². The molecule has 0 atom stereocenters. The molecule has 1 aromatic carbocycles. The SMILES string of the molecule is NCc1sc2ccccc2c1COCCCC(F)(F)F. The lowest BCUT2D eigenvalue weighted by atomic mass is 10.1. The molecule has 0 saturated carbocycles. The van der Waals surface area contributed by atoms with Crippen molar-refractivity contribution in [3.05, 3.63) is 34.7 Å². The smallest absolute Gasteiger partial charge is 0.377 e. The number of alkyl halides is 3. The fraction of sp³-hybridized carbons (Fsp3) is 0.429. The Morgan fingerprint density at radius 1 is 1.20 bits per heavy atom. The zero-order valence-corrected chi connectivity index (χ0v) is 11.7. The number of hydrogen-bond acceptors (Lipinski definition) is 3. The van der Waals surface area contributed by atoms with E-state index < -0.39 is 12.6 Å². The standard InChI is InChI=1S/C14H16F3NOS/c15-14(16,17)6-3-7-19-9-11-10-4-1-2-5-12(10)20-13(11)8-18/h1-2,4-5H,3,6-9,18H2. The van der Waals surface area contributed by atoms with E-state index >= 15 is 0 Å². The van der Waals surface area contributed by atoms with Crippen molar-refractivity contribution >= 4 is 21.4 Å². The van der Waals surface area contributed by atoms with E-state index in [4.69, 9.17) is 10.5 Å². The summed E-state index contributed by atoms with van der Waals surface area (Å²) in [7, 11) is 0. The van der Waals surface area contributed by atoms with E-state index in [1.165, 1.54) is 0 Å². The number of fused-ring (bicyclic) bond motifs is 1. The molecule has 1 aromatic heterocycles. The van der Waals surface area contributed by atoms with Crippen molar-refractivity contribution in [1.82, 2.24) is 0 Å². The maximum Gasteiger partial charge on any atom is 0.389 e. The molecular weight excluding hydrogens is 287 g/mol. The third-order valence-electron chi connectivity index (χ3n) is 2.96. The van der Waals surface area contributed by atoms with E-state index in [9.17, 15) is 13.2 Å². The molecule has 2 N–H and O–H groups in total. The summed E-state index contributed by atoms with van der Waals surface area (Å²) in [6, 6.07) is 7.88. The highest BCUT2D eigenvalue weighted by atomic mass is 32.1. The minimum atomic E-state index is -4.11. The fourth-order valence-corrected chi connectivity index (χ4v) is 3.11. The van der Waals surface area contributed by atoms with Gasteiger partial charge in [0.15, 0.2) is 0 Å². The third kappa shape index (κ3) is 3.94. The molecule has 0 radical (unpaired) electrons. The minimum absolute atomic E-state index is 0.0104. The number of hydrogen-bond donors (Lipinski definition) is 1. The van der Waals surface area contributed by atoms with E-state index in [-0.39, 0.29) is 13.0 Å². The van der Waals surface area contributed by atoms with Gasteiger partial charge in [0.05, 0.1) is 6.61 Å². The van der Waals surface area contributed by atoms with E-state index in [2.05, 4.69) is 0 Å². The van der Waals surface area contributed by atoms with Crippen LogP contribution in [0.4, 0.5) is 13.2 Å². The van der Waals surface area contributed by atoms with Crippen molar-refractivity contribution in [2.75, 3.05) is 6.61 Å². The van der Waals surface area contributed by atoms with Crippen molar-refractivity contribution in [2.24, 2.45) is 5.73 Å². The predicted octanol–water partition coefficient (Wildman–Crippen LogP) is 4.22. The molecule has 6 heteroatoms. The number of rotatable bonds is 6. The van der Waals surface area contributed by atoms with Crippen LogP contribution in [0.1, 0.15) is 23.3 Å². The summed E-state index contributed by atoms with van der Waals surface area (Å²) in [5, 5.41) is 1.08. The van der Waals surface area contributed by atoms with Crippen LogP contribution in [0.15, 0.2) is 24.3 Å². The van der Waals surface area contributed by atoms with Crippen LogP contribution in [0, 0.1) is 0 Å². The summed E-state index contributed by atoms with van der Waals surface area (Å²) in [4.78, 5) is 1.03. The highest BCUT2D eigenvalue weighted by Gasteiger charge is 2.25. The lowest BCUT2D eigenvalue weighted by Gasteiger charge is -2.07. The van der Waals surface area contributed by atoms with E-state index in [1.807, 2.05) is 24.3 Å². The first-order chi connectivity index (χ1) is 9.51. The highest BCUT2D eigenvalue weighted by Crippen LogP contribution is 2.31. The molecule has 0 fully saturated rings. The second kappa shape index (κ2) is 6.56. The van der Waals surface area contributed by atoms with Gasteiger partial charge in [-0.25, -0.2) is 0 Å². The molecule has 2 aromatic rings. The van der Waals surface area contributed by atoms with Gasteiger partial charge in [-0.1, -0.05) is 18.2 Å². The third-order valence-corrected chi connectivity index (χ3v) is 4.20. The van der Waals surface area contributed by atoms with Gasteiger partial charge < -0.3 is 10.5 Å². The zero-order valence-electron chi connectivity index (χ0n) is 10.9. The molecule has 0 spiro atoms. The van der Waals surface area contributed by atoms with Crippen molar-refractivity contribution in [3.8, 4) is 0 Å². The summed E-state index contributed by atoms with van der Waals surface area (Å²) in [5.41, 5.74) is 6.71. The maximum absolute atomic E-state index is 12.0. The molecule has 2 nitrogen and oxygen atoms in total. The second-order valence-corrected chi connectivity index (χ2v) is 5.61. The average molecular weight is 303 g/mol. The van der Waals surface area contributed by atoms with Crippen molar-refractivity contribution in [2.45, 2.75) is 32.2 Å². The normalized spacial score (nSPS) is 12.2. The van der Waals surface area contributed by atoms with Gasteiger partial charge in [0.1, 0.15) is 0 Å². The molecule has 1 heterocycles. The van der Waals surface area contributed by atoms with E-state index in [0.717, 1.165) is 20.5 Å². The molecular formula is C14H16F3NOS. The summed E-state index contributed by atoms with van der Waals surface area (Å²) < 4.78 is 42.5. The van der Waals surface area contributed by atoms with Crippen LogP contribution in [-0.2, 0) is 17.9 Å². The predicted molar refractivity (Wildman–Crippen MR) is 74.7 cm³/mol. The number of benzene rings is 1. The van der Waals surface area contributed by atoms with E-state index in [0.29, 0.717) is 13.2 Å². The highest BCUT2D eigenvalue weighted by molar-refractivity contribution is 7.19. The van der Waals surface area contributed by atoms with Gasteiger partial charge in [-0.15, -0.1) is 11.3 Å². The first-order valence-electron chi connectivity index (χ1n) is 6.35. The van der Waals surface area contributed by atoms with Gasteiger partial charge in [-0.3, -0.25) is 0 Å². The number of nitrogens with two attached hydrogens (primary N) is 1. The van der Waals surface area contributed by atoms with Gasteiger partial charge in [-0.05, 0) is 17.9 Å². The average Bonchev–Trinajstić information content (AvgIpc) is 2.75. The number of thiophene rings is 1. The molecule has 0 saturated heterocycles. The van der Waals surface area contributed by atoms with Gasteiger partial charge in [-0.2, -0.15) is 13.2 Å². The lowest BCUT2D eigenvalue weighted by Crippen LogP contribution is -2.09. The summed E-state index contributed by atoms with van der Waals surface area (Å²) >= 11 is 1.61. The van der Waals surface area contributed by atoms with Gasteiger partial charge in [0.25, 0.3) is 0 Å². The molecule has 110 valence electrons. The molecule has 0 aliphatic carbocycles. The fourth-order valence-electron chi connectivity index (χ4n) is 2.02. The van der Waals surface area contributed by atoms with Crippen molar-refractivity contribution in [3.63, 3.8) is 0 Å². The van der Waals surface area contributed by atoms with Crippen LogP contribution >= 0.6 is 11.3 Å². The quantitative estimate of drug-likeness (QED) is 0.811. The Morgan fingerprint density at radius 2 is 1.95 bits per heavy atom. The minimum Gasteiger partial charge on any atom is -0.377 e. The lowest BCUT2D eigenvalue weighted by molar-refractivity contribution is -0.138. The first-order valence-corrected chi connectivity index (χ1v) is 7.17. The first kappa shape index (κ1) is 15.3. The van der Waals surface area contributed by atoms with Crippen LogP contribution < -0.4 is 5.73 Å². The molecule has 2 rings (SSSR count).